The number of hydrogen-bond donors (Lipinski definition) is 2. The van der Waals surface area contributed by atoms with Gasteiger partial charge in [0.15, 0.2) is 0 Å². The number of carbonyl (C=O) groups is 1. The van der Waals surface area contributed by atoms with E-state index in [1.165, 1.54) is 0 Å². The molecule has 0 aromatic rings. The van der Waals surface area contributed by atoms with E-state index in [4.69, 9.17) is 5.11 Å². The number of carboxylic acids is 1. The zero-order valence-electron chi connectivity index (χ0n) is 10.1. The van der Waals surface area contributed by atoms with Gasteiger partial charge in [0.25, 0.3) is 0 Å². The summed E-state index contributed by atoms with van der Waals surface area (Å²) in [6, 6.07) is 0. The first-order valence-corrected chi connectivity index (χ1v) is 6.63. The highest BCUT2D eigenvalue weighted by Gasteiger charge is 2.62. The fourth-order valence-electron chi connectivity index (χ4n) is 5.01. The molecule has 2 N–H and O–H groups in total. The van der Waals surface area contributed by atoms with Crippen LogP contribution in [0.4, 0.5) is 8.78 Å². The molecular formula is C13H18F2O3. The Kier molecular flexibility index (Phi) is 2.50. The second kappa shape index (κ2) is 3.65. The van der Waals surface area contributed by atoms with Gasteiger partial charge >= 0.3 is 11.9 Å². The second-order valence-corrected chi connectivity index (χ2v) is 6.61. The van der Waals surface area contributed by atoms with E-state index in [-0.39, 0.29) is 0 Å². The Balaban J connectivity index is 1.89. The van der Waals surface area contributed by atoms with Crippen LogP contribution in [0.15, 0.2) is 0 Å². The molecule has 4 aliphatic carbocycles. The van der Waals surface area contributed by atoms with Crippen LogP contribution in [-0.2, 0) is 4.79 Å². The Morgan fingerprint density at radius 3 is 1.83 bits per heavy atom. The average molecular weight is 260 g/mol. The molecule has 4 fully saturated rings. The summed E-state index contributed by atoms with van der Waals surface area (Å²) < 4.78 is 27.2. The lowest BCUT2D eigenvalue weighted by Crippen LogP contribution is -2.58. The summed E-state index contributed by atoms with van der Waals surface area (Å²) in [6.07, 6.45) is 2.91. The van der Waals surface area contributed by atoms with Crippen molar-refractivity contribution in [1.29, 1.82) is 0 Å². The summed E-state index contributed by atoms with van der Waals surface area (Å²) >= 11 is 0. The molecule has 0 amide bonds. The third kappa shape index (κ3) is 1.59. The number of aliphatic carboxylic acids is 1. The summed E-state index contributed by atoms with van der Waals surface area (Å²) in [5.74, 6) is -4.99. The van der Waals surface area contributed by atoms with E-state index in [2.05, 4.69) is 0 Å². The van der Waals surface area contributed by atoms with E-state index in [1.54, 1.807) is 0 Å². The van der Waals surface area contributed by atoms with Crippen LogP contribution in [0.25, 0.3) is 0 Å². The molecule has 5 heteroatoms. The molecule has 102 valence electrons. The summed E-state index contributed by atoms with van der Waals surface area (Å²) in [6.45, 7) is 0. The fourth-order valence-corrected chi connectivity index (χ4v) is 5.01. The Bertz CT molecular complexity index is 345. The monoisotopic (exact) mass is 260 g/mol. The molecule has 0 saturated heterocycles. The molecule has 0 heterocycles. The van der Waals surface area contributed by atoms with Crippen molar-refractivity contribution in [3.05, 3.63) is 0 Å². The number of halogens is 2. The maximum absolute atomic E-state index is 13.6. The molecule has 3 nitrogen and oxygen atoms in total. The molecule has 18 heavy (non-hydrogen) atoms. The van der Waals surface area contributed by atoms with E-state index >= 15 is 0 Å². The Morgan fingerprint density at radius 2 is 1.50 bits per heavy atom. The standard InChI is InChI=1S/C13H18F2O3/c14-13(15,11(17)18)10(16)12-4-7-1-8(5-12)3-9(2-7)6-12/h7-10,16H,1-6H2,(H,17,18). The number of rotatable bonds is 3. The van der Waals surface area contributed by atoms with Crippen molar-refractivity contribution in [2.24, 2.45) is 23.2 Å². The molecule has 1 atom stereocenters. The van der Waals surface area contributed by atoms with Crippen LogP contribution in [-0.4, -0.2) is 28.2 Å². The van der Waals surface area contributed by atoms with Gasteiger partial charge in [-0.1, -0.05) is 0 Å². The van der Waals surface area contributed by atoms with Gasteiger partial charge in [0, 0.05) is 5.41 Å². The molecule has 1 unspecified atom stereocenters. The molecule has 4 aliphatic rings. The first kappa shape index (κ1) is 12.3. The Labute approximate surface area is 104 Å². The summed E-state index contributed by atoms with van der Waals surface area (Å²) in [7, 11) is 0. The largest absolute Gasteiger partial charge is 0.477 e. The maximum atomic E-state index is 13.6. The maximum Gasteiger partial charge on any atom is 0.377 e. The first-order chi connectivity index (χ1) is 8.33. The fraction of sp³-hybridized carbons (Fsp3) is 0.923. The van der Waals surface area contributed by atoms with Gasteiger partial charge in [-0.2, -0.15) is 8.78 Å². The predicted octanol–water partition coefficient (Wildman–Crippen LogP) is 2.28. The van der Waals surface area contributed by atoms with Gasteiger partial charge in [-0.25, -0.2) is 4.79 Å². The highest BCUT2D eigenvalue weighted by Crippen LogP contribution is 2.62. The molecule has 4 rings (SSSR count). The van der Waals surface area contributed by atoms with Crippen LogP contribution in [0.3, 0.4) is 0 Å². The van der Waals surface area contributed by atoms with Gasteiger partial charge in [-0.05, 0) is 56.3 Å². The van der Waals surface area contributed by atoms with Crippen LogP contribution in [0.1, 0.15) is 38.5 Å². The van der Waals surface area contributed by atoms with Gasteiger partial charge in [-0.15, -0.1) is 0 Å². The Hall–Kier alpha value is -0.710. The zero-order valence-corrected chi connectivity index (χ0v) is 10.1. The molecule has 0 aromatic heterocycles. The van der Waals surface area contributed by atoms with Crippen molar-refractivity contribution in [1.82, 2.24) is 0 Å². The molecule has 0 radical (unpaired) electrons. The van der Waals surface area contributed by atoms with Gasteiger partial charge in [0.1, 0.15) is 6.10 Å². The van der Waals surface area contributed by atoms with Gasteiger partial charge in [0.05, 0.1) is 0 Å². The number of alkyl halides is 2. The van der Waals surface area contributed by atoms with Gasteiger partial charge < -0.3 is 10.2 Å². The highest BCUT2D eigenvalue weighted by molar-refractivity contribution is 5.76. The molecular weight excluding hydrogens is 242 g/mol. The molecule has 4 bridgehead atoms. The minimum Gasteiger partial charge on any atom is -0.477 e. The van der Waals surface area contributed by atoms with E-state index in [0.717, 1.165) is 19.3 Å². The third-order valence-corrected chi connectivity index (χ3v) is 5.29. The number of aliphatic hydroxyl groups excluding tert-OH is 1. The molecule has 0 spiro atoms. The second-order valence-electron chi connectivity index (χ2n) is 6.61. The lowest BCUT2D eigenvalue weighted by Gasteiger charge is -2.58. The van der Waals surface area contributed by atoms with E-state index in [9.17, 15) is 18.7 Å². The van der Waals surface area contributed by atoms with Crippen molar-refractivity contribution >= 4 is 5.97 Å². The molecule has 0 aromatic carbocycles. The quantitative estimate of drug-likeness (QED) is 0.818. The Morgan fingerprint density at radius 1 is 1.11 bits per heavy atom. The smallest absolute Gasteiger partial charge is 0.377 e. The van der Waals surface area contributed by atoms with Crippen LogP contribution in [0.2, 0.25) is 0 Å². The number of hydrogen-bond acceptors (Lipinski definition) is 2. The summed E-state index contributed by atoms with van der Waals surface area (Å²) in [5, 5.41) is 18.6. The highest BCUT2D eigenvalue weighted by atomic mass is 19.3. The minimum absolute atomic E-state index is 0.412. The normalized spacial score (nSPS) is 44.1. The van der Waals surface area contributed by atoms with E-state index in [0.29, 0.717) is 37.0 Å². The predicted molar refractivity (Wildman–Crippen MR) is 59.2 cm³/mol. The number of aliphatic hydroxyl groups is 1. The molecule has 4 saturated carbocycles. The van der Waals surface area contributed by atoms with Gasteiger partial charge in [0.2, 0.25) is 0 Å². The van der Waals surface area contributed by atoms with Gasteiger partial charge in [-0.3, -0.25) is 0 Å². The van der Waals surface area contributed by atoms with Crippen LogP contribution in [0, 0.1) is 23.2 Å². The molecule has 0 aliphatic heterocycles. The van der Waals surface area contributed by atoms with Crippen molar-refractivity contribution in [2.75, 3.05) is 0 Å². The van der Waals surface area contributed by atoms with E-state index in [1.807, 2.05) is 0 Å². The first-order valence-electron chi connectivity index (χ1n) is 6.63. The van der Waals surface area contributed by atoms with Crippen molar-refractivity contribution in [2.45, 2.75) is 50.6 Å². The average Bonchev–Trinajstić information content (AvgIpc) is 2.25. The lowest BCUT2D eigenvalue weighted by atomic mass is 9.47. The number of carboxylic acid groups (broad SMARTS) is 1. The van der Waals surface area contributed by atoms with Crippen LogP contribution >= 0.6 is 0 Å². The van der Waals surface area contributed by atoms with Crippen molar-refractivity contribution in [3.63, 3.8) is 0 Å². The topological polar surface area (TPSA) is 57.5 Å². The van der Waals surface area contributed by atoms with E-state index < -0.39 is 23.4 Å². The lowest BCUT2D eigenvalue weighted by molar-refractivity contribution is -0.220. The summed E-state index contributed by atoms with van der Waals surface area (Å²) in [4.78, 5) is 10.6. The van der Waals surface area contributed by atoms with Crippen LogP contribution < -0.4 is 0 Å². The zero-order chi connectivity index (χ0) is 13.1. The van der Waals surface area contributed by atoms with Crippen LogP contribution in [0.5, 0.6) is 0 Å². The van der Waals surface area contributed by atoms with Crippen molar-refractivity contribution < 1.29 is 23.8 Å². The van der Waals surface area contributed by atoms with Crippen molar-refractivity contribution in [3.8, 4) is 0 Å². The third-order valence-electron chi connectivity index (χ3n) is 5.29. The summed E-state index contributed by atoms with van der Waals surface area (Å²) in [5.41, 5.74) is -0.851. The SMILES string of the molecule is O=C(O)C(F)(F)C(O)C12CC3CC(CC(C3)C1)C2. The minimum atomic E-state index is -4.02.